The van der Waals surface area contributed by atoms with Gasteiger partial charge in [-0.15, -0.1) is 0 Å². The van der Waals surface area contributed by atoms with Crippen molar-refractivity contribution in [2.75, 3.05) is 14.2 Å². The molecule has 0 radical (unpaired) electrons. The van der Waals surface area contributed by atoms with Crippen LogP contribution in [0.3, 0.4) is 0 Å². The SMILES string of the molecule is COc1ccc(C2=CC(C3C=CC=C3)N(C)C(=O)N2)cc1. The van der Waals surface area contributed by atoms with E-state index in [0.29, 0.717) is 0 Å². The fourth-order valence-corrected chi connectivity index (χ4v) is 2.65. The van der Waals surface area contributed by atoms with Crippen LogP contribution in [0.4, 0.5) is 4.79 Å². The maximum absolute atomic E-state index is 12.2. The van der Waals surface area contributed by atoms with Crippen molar-refractivity contribution in [3.63, 3.8) is 0 Å². The van der Waals surface area contributed by atoms with Crippen molar-refractivity contribution in [3.05, 3.63) is 60.2 Å². The largest absolute Gasteiger partial charge is 0.497 e. The third-order valence-electron chi connectivity index (χ3n) is 3.92. The van der Waals surface area contributed by atoms with E-state index in [1.54, 1.807) is 12.0 Å². The highest BCUT2D eigenvalue weighted by atomic mass is 16.5. The molecule has 0 saturated heterocycles. The summed E-state index contributed by atoms with van der Waals surface area (Å²) < 4.78 is 5.16. The van der Waals surface area contributed by atoms with Crippen LogP contribution in [0.15, 0.2) is 54.6 Å². The predicted octanol–water partition coefficient (Wildman–Crippen LogP) is 2.80. The number of nitrogens with one attached hydrogen (secondary N) is 1. The zero-order chi connectivity index (χ0) is 14.8. The first-order chi connectivity index (χ1) is 10.2. The van der Waals surface area contributed by atoms with E-state index in [-0.39, 0.29) is 18.0 Å². The Hall–Kier alpha value is -2.49. The molecule has 3 rings (SSSR count). The van der Waals surface area contributed by atoms with Crippen molar-refractivity contribution in [2.24, 2.45) is 5.92 Å². The van der Waals surface area contributed by atoms with E-state index in [2.05, 4.69) is 23.5 Å². The summed E-state index contributed by atoms with van der Waals surface area (Å²) in [5, 5.41) is 2.93. The Morgan fingerprint density at radius 3 is 2.43 bits per heavy atom. The maximum Gasteiger partial charge on any atom is 0.322 e. The number of amides is 2. The fraction of sp³-hybridized carbons (Fsp3) is 0.235. The first-order valence-corrected chi connectivity index (χ1v) is 6.94. The second-order valence-corrected chi connectivity index (χ2v) is 5.19. The van der Waals surface area contributed by atoms with Crippen molar-refractivity contribution >= 4 is 11.7 Å². The van der Waals surface area contributed by atoms with Crippen molar-refractivity contribution in [1.82, 2.24) is 10.2 Å². The third-order valence-corrected chi connectivity index (χ3v) is 3.92. The average Bonchev–Trinajstić information content (AvgIpc) is 3.04. The van der Waals surface area contributed by atoms with E-state index in [4.69, 9.17) is 4.74 Å². The lowest BCUT2D eigenvalue weighted by Gasteiger charge is -2.34. The smallest absolute Gasteiger partial charge is 0.322 e. The molecule has 1 unspecified atom stereocenters. The van der Waals surface area contributed by atoms with Gasteiger partial charge in [-0.05, 0) is 35.9 Å². The molecule has 1 aromatic carbocycles. The van der Waals surface area contributed by atoms with E-state index in [1.807, 2.05) is 43.5 Å². The molecular weight excluding hydrogens is 264 g/mol. The van der Waals surface area contributed by atoms with Crippen LogP contribution >= 0.6 is 0 Å². The summed E-state index contributed by atoms with van der Waals surface area (Å²) in [4.78, 5) is 13.9. The minimum Gasteiger partial charge on any atom is -0.497 e. The van der Waals surface area contributed by atoms with Crippen LogP contribution in [-0.2, 0) is 0 Å². The second-order valence-electron chi connectivity index (χ2n) is 5.19. The number of carbonyl (C=O) groups is 1. The molecule has 1 aromatic rings. The van der Waals surface area contributed by atoms with Gasteiger partial charge in [-0.3, -0.25) is 0 Å². The predicted molar refractivity (Wildman–Crippen MR) is 82.8 cm³/mol. The summed E-state index contributed by atoms with van der Waals surface area (Å²) in [7, 11) is 3.46. The quantitative estimate of drug-likeness (QED) is 0.926. The third kappa shape index (κ3) is 2.57. The van der Waals surface area contributed by atoms with Gasteiger partial charge in [-0.2, -0.15) is 0 Å². The molecule has 21 heavy (non-hydrogen) atoms. The number of ether oxygens (including phenoxy) is 1. The number of methoxy groups -OCH3 is 1. The number of hydrogen-bond acceptors (Lipinski definition) is 2. The Bertz CT molecular complexity index is 617. The fourth-order valence-electron chi connectivity index (χ4n) is 2.65. The highest BCUT2D eigenvalue weighted by Crippen LogP contribution is 2.26. The number of allylic oxidation sites excluding steroid dienone is 2. The number of rotatable bonds is 3. The maximum atomic E-state index is 12.2. The molecule has 1 atom stereocenters. The van der Waals surface area contributed by atoms with Gasteiger partial charge >= 0.3 is 6.03 Å². The first-order valence-electron chi connectivity index (χ1n) is 6.94. The van der Waals surface area contributed by atoms with Gasteiger partial charge in [0.15, 0.2) is 0 Å². The molecule has 2 amide bonds. The number of benzene rings is 1. The van der Waals surface area contributed by atoms with Gasteiger partial charge in [0, 0.05) is 18.7 Å². The lowest BCUT2D eigenvalue weighted by Crippen LogP contribution is -2.48. The van der Waals surface area contributed by atoms with Crippen molar-refractivity contribution < 1.29 is 9.53 Å². The molecule has 0 aromatic heterocycles. The Balaban J connectivity index is 1.92. The molecule has 108 valence electrons. The van der Waals surface area contributed by atoms with Gasteiger partial charge < -0.3 is 15.0 Å². The van der Waals surface area contributed by atoms with Crippen LogP contribution in [0.2, 0.25) is 0 Å². The standard InChI is InChI=1S/C17H18N2O2/c1-19-16(13-5-3-4-6-13)11-15(18-17(19)20)12-7-9-14(21-2)10-8-12/h3-11,13,16H,1-2H3,(H,18,20). The van der Waals surface area contributed by atoms with E-state index >= 15 is 0 Å². The molecule has 1 heterocycles. The minimum atomic E-state index is -0.0815. The van der Waals surface area contributed by atoms with Crippen LogP contribution in [0.1, 0.15) is 5.56 Å². The monoisotopic (exact) mass is 282 g/mol. The molecule has 1 N–H and O–H groups in total. The summed E-state index contributed by atoms with van der Waals surface area (Å²) in [6.45, 7) is 0. The Morgan fingerprint density at radius 1 is 1.14 bits per heavy atom. The number of likely N-dealkylation sites (N-methyl/N-ethyl adjacent to an activating group) is 1. The van der Waals surface area contributed by atoms with E-state index in [9.17, 15) is 4.79 Å². The zero-order valence-corrected chi connectivity index (χ0v) is 12.1. The normalized spacial score (nSPS) is 21.4. The summed E-state index contributed by atoms with van der Waals surface area (Å²) in [5.74, 6) is 1.03. The summed E-state index contributed by atoms with van der Waals surface area (Å²) in [6.07, 6.45) is 10.4. The van der Waals surface area contributed by atoms with Gasteiger partial charge in [0.25, 0.3) is 0 Å². The molecule has 4 nitrogen and oxygen atoms in total. The van der Waals surface area contributed by atoms with Crippen molar-refractivity contribution in [3.8, 4) is 5.75 Å². The molecule has 4 heteroatoms. The molecule has 2 aliphatic rings. The van der Waals surface area contributed by atoms with Crippen LogP contribution in [0, 0.1) is 5.92 Å². The van der Waals surface area contributed by atoms with E-state index in [0.717, 1.165) is 17.0 Å². The van der Waals surface area contributed by atoms with E-state index < -0.39 is 0 Å². The zero-order valence-electron chi connectivity index (χ0n) is 12.1. The van der Waals surface area contributed by atoms with Gasteiger partial charge in [-0.25, -0.2) is 4.79 Å². The van der Waals surface area contributed by atoms with Gasteiger partial charge in [0.2, 0.25) is 0 Å². The minimum absolute atomic E-state index is 0.0332. The Morgan fingerprint density at radius 2 is 1.81 bits per heavy atom. The molecule has 1 aliphatic heterocycles. The molecule has 0 spiro atoms. The van der Waals surface area contributed by atoms with E-state index in [1.165, 1.54) is 0 Å². The molecule has 1 aliphatic carbocycles. The lowest BCUT2D eigenvalue weighted by molar-refractivity contribution is 0.195. The summed E-state index contributed by atoms with van der Waals surface area (Å²) in [5.41, 5.74) is 1.83. The first kappa shape index (κ1) is 13.5. The molecule has 0 bridgehead atoms. The van der Waals surface area contributed by atoms with Crippen molar-refractivity contribution in [2.45, 2.75) is 6.04 Å². The number of urea groups is 1. The summed E-state index contributed by atoms with van der Waals surface area (Å²) >= 11 is 0. The topological polar surface area (TPSA) is 41.6 Å². The lowest BCUT2D eigenvalue weighted by atomic mass is 9.96. The van der Waals surface area contributed by atoms with Gasteiger partial charge in [0.05, 0.1) is 13.2 Å². The Labute approximate surface area is 124 Å². The van der Waals surface area contributed by atoms with Crippen LogP contribution in [0.25, 0.3) is 5.70 Å². The molecular formula is C17H18N2O2. The number of hydrogen-bond donors (Lipinski definition) is 1. The highest BCUT2D eigenvalue weighted by molar-refractivity contribution is 5.88. The summed E-state index contributed by atoms with van der Waals surface area (Å²) in [6, 6.07) is 7.64. The highest BCUT2D eigenvalue weighted by Gasteiger charge is 2.29. The average molecular weight is 282 g/mol. The van der Waals surface area contributed by atoms with Gasteiger partial charge in [-0.1, -0.05) is 24.3 Å². The molecule has 0 fully saturated rings. The van der Waals surface area contributed by atoms with Crippen LogP contribution in [0.5, 0.6) is 5.75 Å². The second kappa shape index (κ2) is 5.48. The molecule has 0 saturated carbocycles. The number of carbonyl (C=O) groups excluding carboxylic acids is 1. The number of nitrogens with zero attached hydrogens (tertiary/aromatic N) is 1. The Kier molecular flexibility index (Phi) is 3.52. The van der Waals surface area contributed by atoms with Crippen LogP contribution in [-0.4, -0.2) is 31.1 Å². The van der Waals surface area contributed by atoms with Gasteiger partial charge in [0.1, 0.15) is 5.75 Å². The van der Waals surface area contributed by atoms with Crippen LogP contribution < -0.4 is 10.1 Å². The van der Waals surface area contributed by atoms with Crippen molar-refractivity contribution in [1.29, 1.82) is 0 Å².